The Labute approximate surface area is 112 Å². The Morgan fingerprint density at radius 3 is 2.68 bits per heavy atom. The molecule has 6 heteroatoms. The van der Waals surface area contributed by atoms with Crippen molar-refractivity contribution >= 4 is 17.6 Å². The maximum Gasteiger partial charge on any atom is 0.328 e. The summed E-state index contributed by atoms with van der Waals surface area (Å²) in [7, 11) is 2.01. The van der Waals surface area contributed by atoms with Crippen LogP contribution in [0.25, 0.3) is 0 Å². The molecule has 1 aromatic rings. The van der Waals surface area contributed by atoms with Crippen molar-refractivity contribution < 1.29 is 9.90 Å². The lowest BCUT2D eigenvalue weighted by atomic mass is 9.92. The average molecular weight is 264 g/mol. The van der Waals surface area contributed by atoms with E-state index in [0.717, 1.165) is 5.82 Å². The summed E-state index contributed by atoms with van der Waals surface area (Å²) in [6, 6.07) is 2.33. The van der Waals surface area contributed by atoms with E-state index in [0.29, 0.717) is 11.9 Å². The van der Waals surface area contributed by atoms with E-state index in [9.17, 15) is 4.79 Å². The van der Waals surface area contributed by atoms with E-state index < -0.39 is 11.5 Å². The molecule has 1 heterocycles. The Balaban J connectivity index is 2.12. The Morgan fingerprint density at radius 1 is 1.47 bits per heavy atom. The van der Waals surface area contributed by atoms with Crippen LogP contribution in [0.5, 0.6) is 0 Å². The van der Waals surface area contributed by atoms with E-state index >= 15 is 0 Å². The Morgan fingerprint density at radius 2 is 2.16 bits per heavy atom. The molecular formula is C13H20N4O2. The lowest BCUT2D eigenvalue weighted by molar-refractivity contribution is -0.141. The number of rotatable bonds is 5. The number of hydrogen-bond acceptors (Lipinski definition) is 5. The largest absolute Gasteiger partial charge is 0.480 e. The quantitative estimate of drug-likeness (QED) is 0.843. The Hall–Kier alpha value is -1.85. The number of aromatic nitrogens is 2. The van der Waals surface area contributed by atoms with Gasteiger partial charge < -0.3 is 15.3 Å². The first-order valence-electron chi connectivity index (χ1n) is 6.46. The number of nitrogens with zero attached hydrogens (tertiary/aromatic N) is 3. The fraction of sp³-hybridized carbons (Fsp3) is 0.615. The minimum atomic E-state index is -1.05. The van der Waals surface area contributed by atoms with Gasteiger partial charge in [-0.05, 0) is 33.1 Å². The summed E-state index contributed by atoms with van der Waals surface area (Å²) < 4.78 is 0. The molecular weight excluding hydrogens is 244 g/mol. The monoisotopic (exact) mass is 264 g/mol. The van der Waals surface area contributed by atoms with Gasteiger partial charge in [0.25, 0.3) is 0 Å². The second-order valence-electron chi connectivity index (χ2n) is 5.51. The van der Waals surface area contributed by atoms with Crippen LogP contribution in [0.15, 0.2) is 12.4 Å². The highest BCUT2D eigenvalue weighted by atomic mass is 16.4. The van der Waals surface area contributed by atoms with E-state index in [1.807, 2.05) is 7.05 Å². The Kier molecular flexibility index (Phi) is 3.59. The number of carboxylic acid groups (broad SMARTS) is 1. The summed E-state index contributed by atoms with van der Waals surface area (Å²) in [6.45, 7) is 3.21. The molecule has 1 fully saturated rings. The molecule has 0 spiro atoms. The van der Waals surface area contributed by atoms with Crippen molar-refractivity contribution in [1.82, 2.24) is 9.97 Å². The number of aliphatic carboxylic acids is 1. The summed E-state index contributed by atoms with van der Waals surface area (Å²) in [5.41, 5.74) is -1.05. The molecule has 0 amide bonds. The molecule has 0 unspecified atom stereocenters. The first-order chi connectivity index (χ1) is 8.90. The predicted octanol–water partition coefficient (Wildman–Crippen LogP) is 1.74. The van der Waals surface area contributed by atoms with Gasteiger partial charge >= 0.3 is 5.97 Å². The van der Waals surface area contributed by atoms with Crippen LogP contribution in [0, 0.1) is 0 Å². The summed E-state index contributed by atoms with van der Waals surface area (Å²) in [5, 5.41) is 12.0. The number of anilines is 2. The van der Waals surface area contributed by atoms with Crippen molar-refractivity contribution in [1.29, 1.82) is 0 Å². The first-order valence-corrected chi connectivity index (χ1v) is 6.46. The van der Waals surface area contributed by atoms with Gasteiger partial charge in [0.15, 0.2) is 0 Å². The summed E-state index contributed by atoms with van der Waals surface area (Å²) in [4.78, 5) is 21.5. The second-order valence-corrected chi connectivity index (χ2v) is 5.51. The van der Waals surface area contributed by atoms with Gasteiger partial charge in [-0.3, -0.25) is 0 Å². The standard InChI is InChI=1S/C13H20N4O2/c1-13(2,12(18)19)16-10-7-11(15-8-14-10)17(3)9-5-4-6-9/h7-9H,4-6H2,1-3H3,(H,18,19)(H,14,15,16). The molecule has 2 rings (SSSR count). The van der Waals surface area contributed by atoms with Crippen molar-refractivity contribution in [2.75, 3.05) is 17.3 Å². The smallest absolute Gasteiger partial charge is 0.328 e. The molecule has 0 radical (unpaired) electrons. The van der Waals surface area contributed by atoms with E-state index in [2.05, 4.69) is 20.2 Å². The van der Waals surface area contributed by atoms with E-state index in [-0.39, 0.29) is 0 Å². The predicted molar refractivity (Wildman–Crippen MR) is 73.4 cm³/mol. The van der Waals surface area contributed by atoms with Gasteiger partial charge in [0.1, 0.15) is 23.5 Å². The molecule has 1 aliphatic rings. The minimum Gasteiger partial charge on any atom is -0.480 e. The molecule has 2 N–H and O–H groups in total. The van der Waals surface area contributed by atoms with Gasteiger partial charge in [-0.25, -0.2) is 14.8 Å². The molecule has 0 bridgehead atoms. The van der Waals surface area contributed by atoms with Gasteiger partial charge in [-0.15, -0.1) is 0 Å². The zero-order valence-corrected chi connectivity index (χ0v) is 11.6. The number of carbonyl (C=O) groups is 1. The lowest BCUT2D eigenvalue weighted by Gasteiger charge is -2.35. The zero-order valence-electron chi connectivity index (χ0n) is 11.6. The SMILES string of the molecule is CN(c1cc(NC(C)(C)C(=O)O)ncn1)C1CCC1. The van der Waals surface area contributed by atoms with Crippen LogP contribution < -0.4 is 10.2 Å². The molecule has 1 aromatic heterocycles. The fourth-order valence-corrected chi connectivity index (χ4v) is 1.94. The Bertz CT molecular complexity index is 471. The van der Waals surface area contributed by atoms with Crippen molar-refractivity contribution in [2.24, 2.45) is 0 Å². The highest BCUT2D eigenvalue weighted by molar-refractivity contribution is 5.81. The van der Waals surface area contributed by atoms with Crippen LogP contribution in [0.1, 0.15) is 33.1 Å². The summed E-state index contributed by atoms with van der Waals surface area (Å²) in [6.07, 6.45) is 5.09. The molecule has 0 aromatic carbocycles. The van der Waals surface area contributed by atoms with Crippen LogP contribution >= 0.6 is 0 Å². The average Bonchev–Trinajstić information content (AvgIpc) is 2.26. The second kappa shape index (κ2) is 5.03. The van der Waals surface area contributed by atoms with E-state index in [1.54, 1.807) is 19.9 Å². The van der Waals surface area contributed by atoms with Gasteiger partial charge in [0.05, 0.1) is 0 Å². The molecule has 1 aliphatic carbocycles. The van der Waals surface area contributed by atoms with Crippen LogP contribution in [-0.2, 0) is 4.79 Å². The van der Waals surface area contributed by atoms with Crippen molar-refractivity contribution in [3.05, 3.63) is 12.4 Å². The topological polar surface area (TPSA) is 78.4 Å². The summed E-state index contributed by atoms with van der Waals surface area (Å²) in [5.74, 6) is 0.437. The van der Waals surface area contributed by atoms with Crippen molar-refractivity contribution in [2.45, 2.75) is 44.7 Å². The third-order valence-electron chi connectivity index (χ3n) is 3.61. The van der Waals surface area contributed by atoms with Crippen molar-refractivity contribution in [3.8, 4) is 0 Å². The highest BCUT2D eigenvalue weighted by Crippen LogP contribution is 2.27. The van der Waals surface area contributed by atoms with Gasteiger partial charge in [0, 0.05) is 19.2 Å². The minimum absolute atomic E-state index is 0.531. The highest BCUT2D eigenvalue weighted by Gasteiger charge is 2.28. The molecule has 19 heavy (non-hydrogen) atoms. The fourth-order valence-electron chi connectivity index (χ4n) is 1.94. The van der Waals surface area contributed by atoms with Crippen LogP contribution in [0.2, 0.25) is 0 Å². The first kappa shape index (κ1) is 13.6. The van der Waals surface area contributed by atoms with Crippen LogP contribution in [-0.4, -0.2) is 39.7 Å². The van der Waals surface area contributed by atoms with Crippen LogP contribution in [0.3, 0.4) is 0 Å². The van der Waals surface area contributed by atoms with Gasteiger partial charge in [-0.1, -0.05) is 0 Å². The number of carboxylic acids is 1. The number of nitrogens with one attached hydrogen (secondary N) is 1. The third-order valence-corrected chi connectivity index (χ3v) is 3.61. The zero-order chi connectivity index (χ0) is 14.0. The van der Waals surface area contributed by atoms with Gasteiger partial charge in [-0.2, -0.15) is 0 Å². The number of hydrogen-bond donors (Lipinski definition) is 2. The van der Waals surface area contributed by atoms with Gasteiger partial charge in [0.2, 0.25) is 0 Å². The maximum atomic E-state index is 11.1. The lowest BCUT2D eigenvalue weighted by Crippen LogP contribution is -2.40. The molecule has 0 atom stereocenters. The normalized spacial score (nSPS) is 15.7. The van der Waals surface area contributed by atoms with E-state index in [1.165, 1.54) is 25.6 Å². The molecule has 1 saturated carbocycles. The third kappa shape index (κ3) is 2.94. The molecule has 6 nitrogen and oxygen atoms in total. The van der Waals surface area contributed by atoms with Crippen LogP contribution in [0.4, 0.5) is 11.6 Å². The summed E-state index contributed by atoms with van der Waals surface area (Å²) >= 11 is 0. The van der Waals surface area contributed by atoms with Crippen molar-refractivity contribution in [3.63, 3.8) is 0 Å². The maximum absolute atomic E-state index is 11.1. The molecule has 0 saturated heterocycles. The molecule has 0 aliphatic heterocycles. The van der Waals surface area contributed by atoms with E-state index in [4.69, 9.17) is 5.11 Å². The molecule has 104 valence electrons.